The first kappa shape index (κ1) is 19.7. The number of carbonyl (C=O) groups is 1. The maximum Gasteiger partial charge on any atom is 0.336 e. The zero-order chi connectivity index (χ0) is 19.5. The Balaban J connectivity index is 2.15. The van der Waals surface area contributed by atoms with Crippen molar-refractivity contribution in [3.63, 3.8) is 0 Å². The third-order valence-corrected chi connectivity index (χ3v) is 6.43. The molecular formula is C13H16N6O5S2. The molecule has 0 spiro atoms. The molecule has 3 N–H and O–H groups in total. The molecule has 1 heterocycles. The highest BCUT2D eigenvalue weighted by Gasteiger charge is 2.26. The number of aromatic nitrogens is 3. The van der Waals surface area contributed by atoms with Crippen LogP contribution in [0.5, 0.6) is 0 Å². The van der Waals surface area contributed by atoms with E-state index < -0.39 is 26.3 Å². The molecule has 2 aromatic rings. The number of hydrogen-bond donors (Lipinski definition) is 3. The van der Waals surface area contributed by atoms with Crippen molar-refractivity contribution >= 4 is 32.2 Å². The molecule has 1 aromatic carbocycles. The number of benzene rings is 1. The Kier molecular flexibility index (Phi) is 5.53. The summed E-state index contributed by atoms with van der Waals surface area (Å²) in [6.07, 6.45) is 1.33. The minimum atomic E-state index is -4.72. The Morgan fingerprint density at radius 2 is 1.77 bits per heavy atom. The molecule has 0 aliphatic rings. The van der Waals surface area contributed by atoms with Gasteiger partial charge in [-0.3, -0.25) is 5.32 Å². The Bertz CT molecular complexity index is 1050. The van der Waals surface area contributed by atoms with E-state index in [4.69, 9.17) is 0 Å². The average molecular weight is 400 g/mol. The SMILES string of the molecule is Cc1cnnc(NC(=O)NS(=O)(=O)NS(=O)(=O)c2cccc(C)c2C)n1. The van der Waals surface area contributed by atoms with Gasteiger partial charge in [-0.1, -0.05) is 16.3 Å². The van der Waals surface area contributed by atoms with E-state index in [2.05, 4.69) is 15.2 Å². The van der Waals surface area contributed by atoms with Gasteiger partial charge >= 0.3 is 16.2 Å². The fourth-order valence-corrected chi connectivity index (χ4v) is 4.71. The van der Waals surface area contributed by atoms with Crippen LogP contribution in [0.15, 0.2) is 29.3 Å². The summed E-state index contributed by atoms with van der Waals surface area (Å²) < 4.78 is 51.5. The van der Waals surface area contributed by atoms with Crippen LogP contribution in [-0.4, -0.2) is 38.0 Å². The molecule has 0 aliphatic heterocycles. The van der Waals surface area contributed by atoms with Crippen LogP contribution in [-0.2, 0) is 20.2 Å². The van der Waals surface area contributed by atoms with Gasteiger partial charge in [0, 0.05) is 0 Å². The van der Waals surface area contributed by atoms with Gasteiger partial charge in [0.2, 0.25) is 0 Å². The van der Waals surface area contributed by atoms with Crippen molar-refractivity contribution in [2.24, 2.45) is 0 Å². The Morgan fingerprint density at radius 3 is 2.42 bits per heavy atom. The van der Waals surface area contributed by atoms with E-state index in [1.54, 1.807) is 26.8 Å². The van der Waals surface area contributed by atoms with E-state index in [1.165, 1.54) is 27.2 Å². The largest absolute Gasteiger partial charge is 0.336 e. The molecule has 1 aromatic heterocycles. The lowest BCUT2D eigenvalue weighted by Gasteiger charge is -2.12. The third-order valence-electron chi connectivity index (χ3n) is 3.20. The molecular weight excluding hydrogens is 384 g/mol. The van der Waals surface area contributed by atoms with Crippen LogP contribution >= 0.6 is 0 Å². The molecule has 0 fully saturated rings. The molecule has 13 heteroatoms. The number of aryl methyl sites for hydroxylation is 2. The lowest BCUT2D eigenvalue weighted by molar-refractivity contribution is 0.256. The maximum atomic E-state index is 12.3. The first-order chi connectivity index (χ1) is 12.0. The second kappa shape index (κ2) is 7.31. The number of sulfonamides is 1. The van der Waals surface area contributed by atoms with Crippen LogP contribution in [0.2, 0.25) is 0 Å². The second-order valence-electron chi connectivity index (χ2n) is 5.27. The van der Waals surface area contributed by atoms with Crippen LogP contribution in [0.4, 0.5) is 10.7 Å². The fourth-order valence-electron chi connectivity index (χ4n) is 1.91. The van der Waals surface area contributed by atoms with E-state index in [1.807, 2.05) is 5.32 Å². The van der Waals surface area contributed by atoms with Crippen LogP contribution in [0.1, 0.15) is 16.8 Å². The van der Waals surface area contributed by atoms with Crippen molar-refractivity contribution in [1.29, 1.82) is 0 Å². The van der Waals surface area contributed by atoms with Crippen molar-refractivity contribution in [3.8, 4) is 0 Å². The summed E-state index contributed by atoms with van der Waals surface area (Å²) in [7, 11) is -9.14. The fraction of sp³-hybridized carbons (Fsp3) is 0.231. The molecule has 26 heavy (non-hydrogen) atoms. The monoisotopic (exact) mass is 400 g/mol. The average Bonchev–Trinajstić information content (AvgIpc) is 2.47. The lowest BCUT2D eigenvalue weighted by atomic mass is 10.1. The molecule has 0 radical (unpaired) electrons. The summed E-state index contributed by atoms with van der Waals surface area (Å²) in [6.45, 7) is 4.82. The topological polar surface area (TPSA) is 160 Å². The molecule has 11 nitrogen and oxygen atoms in total. The molecule has 0 unspecified atom stereocenters. The zero-order valence-electron chi connectivity index (χ0n) is 14.0. The van der Waals surface area contributed by atoms with Crippen molar-refractivity contribution in [2.75, 3.05) is 5.32 Å². The van der Waals surface area contributed by atoms with Gasteiger partial charge in [-0.15, -0.1) is 5.10 Å². The van der Waals surface area contributed by atoms with Gasteiger partial charge in [-0.2, -0.15) is 13.5 Å². The maximum absolute atomic E-state index is 12.3. The van der Waals surface area contributed by atoms with Gasteiger partial charge in [-0.05, 0) is 38.0 Å². The standard InChI is InChI=1S/C13H16N6O5S2/c1-8-5-4-6-11(10(8)3)25(21,22)19-26(23,24)18-13(20)16-12-15-9(2)7-14-17-12/h4-7,19H,1-3H3,(H2,15,16,17,18,20). The van der Waals surface area contributed by atoms with E-state index in [-0.39, 0.29) is 10.8 Å². The summed E-state index contributed by atoms with van der Waals surface area (Å²) in [5.74, 6) is -0.241. The number of carbonyl (C=O) groups excluding carboxylic acids is 1. The summed E-state index contributed by atoms with van der Waals surface area (Å²) in [5.41, 5.74) is 1.49. The molecule has 0 saturated carbocycles. The molecule has 2 amide bonds. The normalized spacial score (nSPS) is 11.8. The van der Waals surface area contributed by atoms with Crippen molar-refractivity contribution in [3.05, 3.63) is 41.2 Å². The highest BCUT2D eigenvalue weighted by atomic mass is 32.3. The van der Waals surface area contributed by atoms with Crippen molar-refractivity contribution in [1.82, 2.24) is 24.0 Å². The molecule has 0 aliphatic carbocycles. The van der Waals surface area contributed by atoms with Crippen LogP contribution in [0.3, 0.4) is 0 Å². The minimum absolute atomic E-state index is 0.213. The second-order valence-corrected chi connectivity index (χ2v) is 8.59. The van der Waals surface area contributed by atoms with Gasteiger partial charge in [0.15, 0.2) is 0 Å². The molecule has 0 atom stereocenters. The van der Waals surface area contributed by atoms with Crippen LogP contribution in [0, 0.1) is 20.8 Å². The summed E-state index contributed by atoms with van der Waals surface area (Å²) in [4.78, 5) is 15.3. The summed E-state index contributed by atoms with van der Waals surface area (Å²) in [5, 5.41) is 9.06. The van der Waals surface area contributed by atoms with Gasteiger partial charge in [0.05, 0.1) is 16.8 Å². The van der Waals surface area contributed by atoms with Gasteiger partial charge in [0.1, 0.15) is 0 Å². The number of amides is 2. The molecule has 2 rings (SSSR count). The molecule has 140 valence electrons. The molecule has 0 bridgehead atoms. The smallest absolute Gasteiger partial charge is 0.274 e. The summed E-state index contributed by atoms with van der Waals surface area (Å²) in [6, 6.07) is 3.17. The van der Waals surface area contributed by atoms with Gasteiger partial charge < -0.3 is 0 Å². The highest BCUT2D eigenvalue weighted by molar-refractivity contribution is 8.04. The van der Waals surface area contributed by atoms with Crippen LogP contribution < -0.4 is 14.2 Å². The number of nitrogens with zero attached hydrogens (tertiary/aromatic N) is 3. The highest BCUT2D eigenvalue weighted by Crippen LogP contribution is 2.18. The third kappa shape index (κ3) is 4.93. The van der Waals surface area contributed by atoms with E-state index in [0.29, 0.717) is 16.8 Å². The summed E-state index contributed by atoms with van der Waals surface area (Å²) >= 11 is 0. The predicted octanol–water partition coefficient (Wildman–Crippen LogP) is 0.142. The Labute approximate surface area is 150 Å². The van der Waals surface area contributed by atoms with Gasteiger partial charge in [0.25, 0.3) is 16.0 Å². The first-order valence-corrected chi connectivity index (χ1v) is 10.1. The van der Waals surface area contributed by atoms with Crippen molar-refractivity contribution < 1.29 is 21.6 Å². The molecule has 0 saturated heterocycles. The van der Waals surface area contributed by atoms with E-state index >= 15 is 0 Å². The minimum Gasteiger partial charge on any atom is -0.274 e. The zero-order valence-corrected chi connectivity index (χ0v) is 15.6. The number of hydrogen-bond acceptors (Lipinski definition) is 8. The number of nitrogens with one attached hydrogen (secondary N) is 3. The quantitative estimate of drug-likeness (QED) is 0.639. The number of urea groups is 1. The number of anilines is 1. The predicted molar refractivity (Wildman–Crippen MR) is 91.9 cm³/mol. The Morgan fingerprint density at radius 1 is 1.08 bits per heavy atom. The van der Waals surface area contributed by atoms with E-state index in [9.17, 15) is 21.6 Å². The van der Waals surface area contributed by atoms with Crippen LogP contribution in [0.25, 0.3) is 0 Å². The van der Waals surface area contributed by atoms with Crippen molar-refractivity contribution in [2.45, 2.75) is 25.7 Å². The Hall–Kier alpha value is -2.64. The van der Waals surface area contributed by atoms with Gasteiger partial charge in [-0.25, -0.2) is 22.9 Å². The lowest BCUT2D eigenvalue weighted by Crippen LogP contribution is -2.45. The number of rotatable bonds is 5. The van der Waals surface area contributed by atoms with E-state index in [0.717, 1.165) is 0 Å². The first-order valence-electron chi connectivity index (χ1n) is 7.10.